The Balaban J connectivity index is 1.63. The van der Waals surface area contributed by atoms with Crippen LogP contribution in [0.15, 0.2) is 42.7 Å². The predicted molar refractivity (Wildman–Crippen MR) is 148 cm³/mol. The summed E-state index contributed by atoms with van der Waals surface area (Å²) in [5, 5.41) is 0. The van der Waals surface area contributed by atoms with Crippen molar-refractivity contribution in [2.45, 2.75) is 66.4 Å². The lowest BCUT2D eigenvalue weighted by atomic mass is 9.82. The van der Waals surface area contributed by atoms with E-state index in [9.17, 15) is 9.18 Å². The largest absolute Gasteiger partial charge is 0.492 e. The molecule has 208 valence electrons. The van der Waals surface area contributed by atoms with Crippen LogP contribution in [-0.4, -0.2) is 41.7 Å². The van der Waals surface area contributed by atoms with Crippen molar-refractivity contribution in [2.24, 2.45) is 5.41 Å². The first-order valence-corrected chi connectivity index (χ1v) is 13.5. The number of aromatic nitrogens is 2. The lowest BCUT2D eigenvalue weighted by Gasteiger charge is -2.40. The number of anilines is 1. The molecule has 0 N–H and O–H groups in total. The van der Waals surface area contributed by atoms with Gasteiger partial charge in [0.15, 0.2) is 5.82 Å². The van der Waals surface area contributed by atoms with Gasteiger partial charge in [0, 0.05) is 48.6 Å². The molecule has 0 saturated carbocycles. The smallest absolute Gasteiger partial charge is 0.310 e. The SMILES string of the molecule is Cc1ncc(-c2ncc(OCCc3ccc(F)cc3)cc2F)c(N2CCC(C)(C)CC2)c1CC(=O)OC(C)C. The lowest BCUT2D eigenvalue weighted by molar-refractivity contribution is -0.146. The Bertz CT molecular complexity index is 1300. The Morgan fingerprint density at radius 2 is 1.77 bits per heavy atom. The molecule has 2 aromatic heterocycles. The average Bonchev–Trinajstić information content (AvgIpc) is 2.87. The predicted octanol–water partition coefficient (Wildman–Crippen LogP) is 6.47. The summed E-state index contributed by atoms with van der Waals surface area (Å²) in [5.74, 6) is -0.863. The van der Waals surface area contributed by atoms with E-state index in [0.717, 1.165) is 42.7 Å². The van der Waals surface area contributed by atoms with Crippen molar-refractivity contribution < 1.29 is 23.0 Å². The summed E-state index contributed by atoms with van der Waals surface area (Å²) in [6, 6.07) is 7.52. The summed E-state index contributed by atoms with van der Waals surface area (Å²) >= 11 is 0. The number of halogens is 2. The second-order valence-electron chi connectivity index (χ2n) is 11.2. The number of carbonyl (C=O) groups excluding carboxylic acids is 1. The van der Waals surface area contributed by atoms with E-state index in [0.29, 0.717) is 30.0 Å². The Kier molecular flexibility index (Phi) is 8.83. The van der Waals surface area contributed by atoms with Gasteiger partial charge in [-0.05, 0) is 56.7 Å². The van der Waals surface area contributed by atoms with Crippen LogP contribution in [-0.2, 0) is 22.4 Å². The molecule has 1 aromatic carbocycles. The number of aryl methyl sites for hydroxylation is 1. The highest BCUT2D eigenvalue weighted by Gasteiger charge is 2.30. The molecule has 6 nitrogen and oxygen atoms in total. The third kappa shape index (κ3) is 7.31. The van der Waals surface area contributed by atoms with Crippen molar-refractivity contribution in [3.05, 3.63) is 71.2 Å². The lowest BCUT2D eigenvalue weighted by Crippen LogP contribution is -2.38. The molecule has 1 aliphatic rings. The van der Waals surface area contributed by atoms with Gasteiger partial charge in [0.25, 0.3) is 0 Å². The quantitative estimate of drug-likeness (QED) is 0.292. The maximum Gasteiger partial charge on any atom is 0.310 e. The molecule has 3 heterocycles. The molecule has 0 atom stereocenters. The van der Waals surface area contributed by atoms with Crippen molar-refractivity contribution >= 4 is 11.7 Å². The second kappa shape index (κ2) is 12.1. The Labute approximate surface area is 229 Å². The highest BCUT2D eigenvalue weighted by atomic mass is 19.1. The van der Waals surface area contributed by atoms with E-state index in [1.165, 1.54) is 24.4 Å². The Hall–Kier alpha value is -3.55. The van der Waals surface area contributed by atoms with Crippen LogP contribution in [0.3, 0.4) is 0 Å². The maximum absolute atomic E-state index is 15.5. The first-order valence-electron chi connectivity index (χ1n) is 13.5. The van der Waals surface area contributed by atoms with Crippen LogP contribution in [0, 0.1) is 24.0 Å². The summed E-state index contributed by atoms with van der Waals surface area (Å²) in [6.07, 6.45) is 5.45. The average molecular weight is 538 g/mol. The fraction of sp³-hybridized carbons (Fsp3) is 0.452. The van der Waals surface area contributed by atoms with Gasteiger partial charge in [0.1, 0.15) is 17.3 Å². The van der Waals surface area contributed by atoms with Crippen LogP contribution < -0.4 is 9.64 Å². The van der Waals surface area contributed by atoms with Crippen LogP contribution in [0.4, 0.5) is 14.5 Å². The van der Waals surface area contributed by atoms with Gasteiger partial charge in [-0.1, -0.05) is 26.0 Å². The number of hydrogen-bond donors (Lipinski definition) is 0. The van der Waals surface area contributed by atoms with E-state index in [-0.39, 0.29) is 35.4 Å². The van der Waals surface area contributed by atoms with Crippen molar-refractivity contribution in [1.29, 1.82) is 0 Å². The molecule has 8 heteroatoms. The summed E-state index contributed by atoms with van der Waals surface area (Å²) in [7, 11) is 0. The minimum absolute atomic E-state index is 0.0479. The molecule has 0 radical (unpaired) electrons. The molecule has 3 aromatic rings. The molecule has 0 unspecified atom stereocenters. The minimum Gasteiger partial charge on any atom is -0.492 e. The zero-order valence-electron chi connectivity index (χ0n) is 23.4. The number of carbonyl (C=O) groups is 1. The third-order valence-electron chi connectivity index (χ3n) is 7.13. The number of rotatable bonds is 9. The molecule has 0 bridgehead atoms. The standard InChI is InChI=1S/C31H37F2N3O3/c1-20(2)39-28(37)17-25-21(3)34-19-26(30(25)36-13-11-31(4,5)12-14-36)29-27(33)16-24(18-35-29)38-15-10-22-6-8-23(32)9-7-22/h6-9,16,18-20H,10-15,17H2,1-5H3. The molecule has 0 aliphatic carbocycles. The first-order chi connectivity index (χ1) is 18.5. The zero-order valence-corrected chi connectivity index (χ0v) is 23.4. The van der Waals surface area contributed by atoms with Crippen molar-refractivity contribution in [3.63, 3.8) is 0 Å². The number of esters is 1. The molecular weight excluding hydrogens is 500 g/mol. The number of hydrogen-bond acceptors (Lipinski definition) is 6. The number of pyridine rings is 2. The van der Waals surface area contributed by atoms with Gasteiger partial charge in [-0.15, -0.1) is 0 Å². The number of piperidine rings is 1. The van der Waals surface area contributed by atoms with Crippen LogP contribution in [0.25, 0.3) is 11.3 Å². The molecule has 0 spiro atoms. The van der Waals surface area contributed by atoms with E-state index in [2.05, 4.69) is 28.7 Å². The van der Waals surface area contributed by atoms with Crippen molar-refractivity contribution in [1.82, 2.24) is 9.97 Å². The third-order valence-corrected chi connectivity index (χ3v) is 7.13. The molecule has 39 heavy (non-hydrogen) atoms. The normalized spacial score (nSPS) is 14.9. The zero-order chi connectivity index (χ0) is 28.2. The molecule has 4 rings (SSSR count). The summed E-state index contributed by atoms with van der Waals surface area (Å²) < 4.78 is 39.8. The summed E-state index contributed by atoms with van der Waals surface area (Å²) in [6.45, 7) is 11.9. The van der Waals surface area contributed by atoms with Gasteiger partial charge in [0.2, 0.25) is 0 Å². The molecule has 0 amide bonds. The van der Waals surface area contributed by atoms with Gasteiger partial charge >= 0.3 is 5.97 Å². The maximum atomic E-state index is 15.5. The van der Waals surface area contributed by atoms with Gasteiger partial charge in [-0.2, -0.15) is 0 Å². The summed E-state index contributed by atoms with van der Waals surface area (Å²) in [4.78, 5) is 23.9. The van der Waals surface area contributed by atoms with Gasteiger partial charge in [-0.3, -0.25) is 9.78 Å². The molecule has 1 saturated heterocycles. The highest BCUT2D eigenvalue weighted by molar-refractivity contribution is 5.84. The van der Waals surface area contributed by atoms with Crippen molar-refractivity contribution in [2.75, 3.05) is 24.6 Å². The van der Waals surface area contributed by atoms with Crippen molar-refractivity contribution in [3.8, 4) is 17.0 Å². The van der Waals surface area contributed by atoms with Crippen LogP contribution in [0.5, 0.6) is 5.75 Å². The van der Waals surface area contributed by atoms with E-state index >= 15 is 4.39 Å². The topological polar surface area (TPSA) is 64.6 Å². The van der Waals surface area contributed by atoms with Crippen LogP contribution in [0.1, 0.15) is 57.4 Å². The van der Waals surface area contributed by atoms with E-state index in [4.69, 9.17) is 9.47 Å². The van der Waals surface area contributed by atoms with E-state index in [1.54, 1.807) is 18.3 Å². The number of benzene rings is 1. The first kappa shape index (κ1) is 28.5. The van der Waals surface area contributed by atoms with Crippen LogP contribution in [0.2, 0.25) is 0 Å². The summed E-state index contributed by atoms with van der Waals surface area (Å²) in [5.41, 5.74) is 4.07. The number of nitrogens with zero attached hydrogens (tertiary/aromatic N) is 3. The molecular formula is C31H37F2N3O3. The number of ether oxygens (including phenoxy) is 2. The Morgan fingerprint density at radius 1 is 1.08 bits per heavy atom. The van der Waals surface area contributed by atoms with E-state index in [1.807, 2.05) is 20.8 Å². The van der Waals surface area contributed by atoms with Gasteiger partial charge in [-0.25, -0.2) is 13.8 Å². The molecule has 1 fully saturated rings. The fourth-order valence-corrected chi connectivity index (χ4v) is 4.80. The minimum atomic E-state index is -0.533. The Morgan fingerprint density at radius 3 is 2.41 bits per heavy atom. The van der Waals surface area contributed by atoms with Gasteiger partial charge < -0.3 is 14.4 Å². The molecule has 1 aliphatic heterocycles. The van der Waals surface area contributed by atoms with E-state index < -0.39 is 5.82 Å². The highest BCUT2D eigenvalue weighted by Crippen LogP contribution is 2.40. The monoisotopic (exact) mass is 537 g/mol. The fourth-order valence-electron chi connectivity index (χ4n) is 4.80. The van der Waals surface area contributed by atoms with Crippen LogP contribution >= 0.6 is 0 Å². The second-order valence-corrected chi connectivity index (χ2v) is 11.2. The van der Waals surface area contributed by atoms with Gasteiger partial charge in [0.05, 0.1) is 31.0 Å².